The van der Waals surface area contributed by atoms with E-state index in [1.807, 2.05) is 83.8 Å². The van der Waals surface area contributed by atoms with Gasteiger partial charge in [0.15, 0.2) is 11.5 Å². The van der Waals surface area contributed by atoms with Crippen LogP contribution in [0.2, 0.25) is 0 Å². The first-order valence-electron chi connectivity index (χ1n) is 17.3. The fourth-order valence-corrected chi connectivity index (χ4v) is 5.45. The first kappa shape index (κ1) is 36.4. The molecular formula is C42H54N2O4. The maximum absolute atomic E-state index is 13.6. The highest BCUT2D eigenvalue weighted by Gasteiger charge is 2.26. The van der Waals surface area contributed by atoms with E-state index in [9.17, 15) is 4.79 Å². The van der Waals surface area contributed by atoms with Crippen molar-refractivity contribution in [2.24, 2.45) is 0 Å². The van der Waals surface area contributed by atoms with Crippen molar-refractivity contribution in [3.63, 3.8) is 0 Å². The Kier molecular flexibility index (Phi) is 13.0. The van der Waals surface area contributed by atoms with E-state index in [2.05, 4.69) is 65.1 Å². The SMILES string of the molecule is CCC(C)(C)c1ccc(OCCCCN(Cc2ccc(OC)c(OCc3ccccc3)c2)C(=O)Nc2ccccc2)c(C(C)(C)CC)c1. The molecule has 0 saturated carbocycles. The van der Waals surface area contributed by atoms with E-state index in [1.165, 1.54) is 11.1 Å². The van der Waals surface area contributed by atoms with Crippen LogP contribution in [0.3, 0.4) is 0 Å². The molecule has 2 amide bonds. The number of methoxy groups -OCH3 is 1. The number of benzene rings is 4. The van der Waals surface area contributed by atoms with E-state index in [0.29, 0.717) is 37.8 Å². The summed E-state index contributed by atoms with van der Waals surface area (Å²) in [5.41, 5.74) is 5.52. The van der Waals surface area contributed by atoms with Crippen molar-refractivity contribution < 1.29 is 19.0 Å². The zero-order chi connectivity index (χ0) is 34.6. The Hall–Kier alpha value is -4.45. The minimum atomic E-state index is -0.147. The Morgan fingerprint density at radius 1 is 0.708 bits per heavy atom. The quantitative estimate of drug-likeness (QED) is 0.116. The lowest BCUT2D eigenvalue weighted by atomic mass is 9.76. The van der Waals surface area contributed by atoms with Crippen LogP contribution >= 0.6 is 0 Å². The Morgan fingerprint density at radius 3 is 2.04 bits per heavy atom. The molecule has 0 fully saturated rings. The second-order valence-corrected chi connectivity index (χ2v) is 13.7. The Bertz CT molecular complexity index is 1580. The number of para-hydroxylation sites is 1. The van der Waals surface area contributed by atoms with Gasteiger partial charge in [0.1, 0.15) is 12.4 Å². The molecule has 0 saturated heterocycles. The third-order valence-corrected chi connectivity index (χ3v) is 9.49. The highest BCUT2D eigenvalue weighted by molar-refractivity contribution is 5.89. The van der Waals surface area contributed by atoms with Crippen molar-refractivity contribution in [1.29, 1.82) is 0 Å². The standard InChI is InChI=1S/C42H54N2O4/c1-8-41(3,4)34-23-25-37(36(29-34)42(5,6)9-2)47-27-17-16-26-44(40(45)43-35-20-14-11-15-21-35)30-33-22-24-38(46-7)39(28-33)48-31-32-18-12-10-13-19-32/h10-15,18-25,28-29H,8-9,16-17,26-27,30-31H2,1-7H3,(H,43,45). The van der Waals surface area contributed by atoms with E-state index in [-0.39, 0.29) is 16.9 Å². The highest BCUT2D eigenvalue weighted by Crippen LogP contribution is 2.38. The lowest BCUT2D eigenvalue weighted by molar-refractivity contribution is 0.205. The number of amides is 2. The van der Waals surface area contributed by atoms with Gasteiger partial charge in [0.05, 0.1) is 13.7 Å². The topological polar surface area (TPSA) is 60.0 Å². The number of nitrogens with one attached hydrogen (secondary N) is 1. The number of anilines is 1. The van der Waals surface area contributed by atoms with E-state index in [1.54, 1.807) is 7.11 Å². The van der Waals surface area contributed by atoms with Gasteiger partial charge in [0.25, 0.3) is 0 Å². The smallest absolute Gasteiger partial charge is 0.322 e. The summed E-state index contributed by atoms with van der Waals surface area (Å²) in [6.07, 6.45) is 3.71. The van der Waals surface area contributed by atoms with Crippen LogP contribution in [-0.4, -0.2) is 31.2 Å². The number of carbonyl (C=O) groups is 1. The highest BCUT2D eigenvalue weighted by atomic mass is 16.5. The van der Waals surface area contributed by atoms with Crippen LogP contribution in [0.4, 0.5) is 10.5 Å². The van der Waals surface area contributed by atoms with Gasteiger partial charge >= 0.3 is 6.03 Å². The monoisotopic (exact) mass is 650 g/mol. The molecule has 256 valence electrons. The lowest BCUT2D eigenvalue weighted by Gasteiger charge is -2.30. The summed E-state index contributed by atoms with van der Waals surface area (Å²) in [7, 11) is 1.64. The van der Waals surface area contributed by atoms with Gasteiger partial charge in [-0.05, 0) is 83.5 Å². The van der Waals surface area contributed by atoms with Crippen molar-refractivity contribution in [1.82, 2.24) is 4.90 Å². The molecule has 0 unspecified atom stereocenters. The number of hydrogen-bond acceptors (Lipinski definition) is 4. The Labute approximate surface area is 288 Å². The number of urea groups is 1. The van der Waals surface area contributed by atoms with E-state index in [4.69, 9.17) is 14.2 Å². The third kappa shape index (κ3) is 10.0. The van der Waals surface area contributed by atoms with Crippen LogP contribution in [0.25, 0.3) is 0 Å². The van der Waals surface area contributed by atoms with Gasteiger partial charge in [0.2, 0.25) is 0 Å². The van der Waals surface area contributed by atoms with Gasteiger partial charge < -0.3 is 24.4 Å². The Balaban J connectivity index is 1.44. The van der Waals surface area contributed by atoms with Crippen molar-refractivity contribution in [3.8, 4) is 17.2 Å². The van der Waals surface area contributed by atoms with Crippen molar-refractivity contribution in [3.05, 3.63) is 119 Å². The largest absolute Gasteiger partial charge is 0.493 e. The van der Waals surface area contributed by atoms with Crippen LogP contribution in [0.1, 0.15) is 89.5 Å². The number of carbonyl (C=O) groups excluding carboxylic acids is 1. The predicted octanol–water partition coefficient (Wildman–Crippen LogP) is 10.5. The Morgan fingerprint density at radius 2 is 1.38 bits per heavy atom. The molecule has 0 bridgehead atoms. The van der Waals surface area contributed by atoms with Crippen molar-refractivity contribution in [2.75, 3.05) is 25.6 Å². The number of ether oxygens (including phenoxy) is 3. The molecule has 4 aromatic carbocycles. The van der Waals surface area contributed by atoms with E-state index < -0.39 is 0 Å². The molecule has 0 aliphatic carbocycles. The molecule has 1 N–H and O–H groups in total. The minimum Gasteiger partial charge on any atom is -0.493 e. The van der Waals surface area contributed by atoms with Gasteiger partial charge in [-0.2, -0.15) is 0 Å². The summed E-state index contributed by atoms with van der Waals surface area (Å²) >= 11 is 0. The average Bonchev–Trinajstić information content (AvgIpc) is 3.10. The zero-order valence-electron chi connectivity index (χ0n) is 30.0. The average molecular weight is 651 g/mol. The molecule has 0 atom stereocenters. The van der Waals surface area contributed by atoms with Crippen LogP contribution in [0.5, 0.6) is 17.2 Å². The number of unbranched alkanes of at least 4 members (excludes halogenated alkanes) is 1. The van der Waals surface area contributed by atoms with Crippen molar-refractivity contribution >= 4 is 11.7 Å². The van der Waals surface area contributed by atoms with Gasteiger partial charge in [-0.1, -0.05) is 108 Å². The fraction of sp³-hybridized carbons (Fsp3) is 0.405. The maximum Gasteiger partial charge on any atom is 0.322 e. The summed E-state index contributed by atoms with van der Waals surface area (Å²) in [5.74, 6) is 2.26. The van der Waals surface area contributed by atoms with Gasteiger partial charge in [0, 0.05) is 24.3 Å². The second-order valence-electron chi connectivity index (χ2n) is 13.7. The fourth-order valence-electron chi connectivity index (χ4n) is 5.45. The van der Waals surface area contributed by atoms with Crippen LogP contribution in [0, 0.1) is 0 Å². The molecule has 0 aliphatic rings. The summed E-state index contributed by atoms with van der Waals surface area (Å²) in [5, 5.41) is 3.07. The second kappa shape index (κ2) is 17.1. The van der Waals surface area contributed by atoms with E-state index >= 15 is 0 Å². The molecule has 0 heterocycles. The van der Waals surface area contributed by atoms with Crippen molar-refractivity contribution in [2.45, 2.75) is 91.2 Å². The number of nitrogens with zero attached hydrogens (tertiary/aromatic N) is 1. The number of hydrogen-bond donors (Lipinski definition) is 1. The lowest BCUT2D eigenvalue weighted by Crippen LogP contribution is -2.35. The molecule has 0 aliphatic heterocycles. The van der Waals surface area contributed by atoms with E-state index in [0.717, 1.165) is 48.2 Å². The first-order valence-corrected chi connectivity index (χ1v) is 17.3. The van der Waals surface area contributed by atoms with Crippen LogP contribution in [-0.2, 0) is 24.0 Å². The molecule has 0 aromatic heterocycles. The molecule has 6 nitrogen and oxygen atoms in total. The third-order valence-electron chi connectivity index (χ3n) is 9.49. The zero-order valence-corrected chi connectivity index (χ0v) is 30.0. The first-order chi connectivity index (χ1) is 23.1. The van der Waals surface area contributed by atoms with Gasteiger partial charge in [-0.25, -0.2) is 4.79 Å². The predicted molar refractivity (Wildman–Crippen MR) is 197 cm³/mol. The maximum atomic E-state index is 13.6. The summed E-state index contributed by atoms with van der Waals surface area (Å²) < 4.78 is 18.2. The number of rotatable bonds is 17. The molecule has 48 heavy (non-hydrogen) atoms. The molecule has 4 aromatic rings. The van der Waals surface area contributed by atoms with Gasteiger partial charge in [-0.15, -0.1) is 0 Å². The van der Waals surface area contributed by atoms with Crippen LogP contribution in [0.15, 0.2) is 97.1 Å². The molecule has 0 radical (unpaired) electrons. The van der Waals surface area contributed by atoms with Crippen LogP contribution < -0.4 is 19.5 Å². The molecule has 0 spiro atoms. The molecule has 6 heteroatoms. The summed E-state index contributed by atoms with van der Waals surface area (Å²) in [6, 6.07) is 32.0. The van der Waals surface area contributed by atoms with Gasteiger partial charge in [-0.3, -0.25) is 0 Å². The summed E-state index contributed by atoms with van der Waals surface area (Å²) in [6.45, 7) is 15.7. The minimum absolute atomic E-state index is 0.00349. The molecular weight excluding hydrogens is 596 g/mol. The normalized spacial score (nSPS) is 11.6. The molecule has 4 rings (SSSR count). The summed E-state index contributed by atoms with van der Waals surface area (Å²) in [4.78, 5) is 15.4.